The summed E-state index contributed by atoms with van der Waals surface area (Å²) in [6, 6.07) is 9.44. The first-order valence-electron chi connectivity index (χ1n) is 4.82. The molecule has 1 aromatic rings. The Kier molecular flexibility index (Phi) is 6.71. The molecule has 0 aliphatic heterocycles. The summed E-state index contributed by atoms with van der Waals surface area (Å²) in [7, 11) is 0. The van der Waals surface area contributed by atoms with Crippen LogP contribution in [0.1, 0.15) is 0 Å². The molecule has 0 spiro atoms. The number of para-hydroxylation sites is 1. The molecule has 4 heteroatoms. The highest BCUT2D eigenvalue weighted by atomic mass is 127. The summed E-state index contributed by atoms with van der Waals surface area (Å²) in [6.45, 7) is 1.27. The molecule has 1 N–H and O–H groups in total. The maximum atomic E-state index is 9.48. The van der Waals surface area contributed by atoms with E-state index in [1.54, 1.807) is 0 Å². The SMILES string of the molecule is OC(COCCI)COc1ccccc1. The van der Waals surface area contributed by atoms with Crippen LogP contribution < -0.4 is 4.74 Å². The minimum absolute atomic E-state index is 0.269. The predicted molar refractivity (Wildman–Crippen MR) is 67.6 cm³/mol. The molecule has 0 fully saturated rings. The number of aliphatic hydroxyl groups excluding tert-OH is 1. The lowest BCUT2D eigenvalue weighted by Gasteiger charge is -2.12. The van der Waals surface area contributed by atoms with Crippen LogP contribution in [0.3, 0.4) is 0 Å². The van der Waals surface area contributed by atoms with Gasteiger partial charge in [-0.2, -0.15) is 0 Å². The van der Waals surface area contributed by atoms with Gasteiger partial charge in [-0.1, -0.05) is 40.8 Å². The van der Waals surface area contributed by atoms with Crippen molar-refractivity contribution in [3.8, 4) is 5.75 Å². The molecule has 1 unspecified atom stereocenters. The number of ether oxygens (including phenoxy) is 2. The van der Waals surface area contributed by atoms with Crippen molar-refractivity contribution in [1.82, 2.24) is 0 Å². The molecule has 0 amide bonds. The summed E-state index contributed by atoms with van der Waals surface area (Å²) < 4.78 is 11.5. The summed E-state index contributed by atoms with van der Waals surface area (Å²) in [6.07, 6.45) is -0.562. The monoisotopic (exact) mass is 322 g/mol. The van der Waals surface area contributed by atoms with E-state index in [9.17, 15) is 5.11 Å². The lowest BCUT2D eigenvalue weighted by molar-refractivity contribution is 0.0178. The summed E-state index contributed by atoms with van der Waals surface area (Å²) in [5.41, 5.74) is 0. The van der Waals surface area contributed by atoms with Crippen LogP contribution >= 0.6 is 22.6 Å². The highest BCUT2D eigenvalue weighted by Gasteiger charge is 2.04. The second-order valence-electron chi connectivity index (χ2n) is 3.04. The minimum Gasteiger partial charge on any atom is -0.491 e. The van der Waals surface area contributed by atoms with Gasteiger partial charge >= 0.3 is 0 Å². The van der Waals surface area contributed by atoms with E-state index in [0.717, 1.165) is 10.2 Å². The molecular formula is C11H15IO3. The lowest BCUT2D eigenvalue weighted by atomic mass is 10.3. The zero-order chi connectivity index (χ0) is 10.9. The molecule has 1 rings (SSSR count). The first kappa shape index (κ1) is 12.7. The van der Waals surface area contributed by atoms with Gasteiger partial charge in [0.1, 0.15) is 18.5 Å². The van der Waals surface area contributed by atoms with Crippen molar-refractivity contribution < 1.29 is 14.6 Å². The second kappa shape index (κ2) is 7.90. The molecular weight excluding hydrogens is 307 g/mol. The Morgan fingerprint density at radius 1 is 1.20 bits per heavy atom. The molecule has 0 radical (unpaired) electrons. The fourth-order valence-corrected chi connectivity index (χ4v) is 1.34. The molecule has 84 valence electrons. The normalized spacial score (nSPS) is 12.4. The van der Waals surface area contributed by atoms with Gasteiger partial charge in [0.05, 0.1) is 13.2 Å². The summed E-state index contributed by atoms with van der Waals surface area (Å²) in [5, 5.41) is 9.48. The largest absolute Gasteiger partial charge is 0.491 e. The average molecular weight is 322 g/mol. The quantitative estimate of drug-likeness (QED) is 0.473. The van der Waals surface area contributed by atoms with E-state index in [4.69, 9.17) is 9.47 Å². The van der Waals surface area contributed by atoms with Crippen LogP contribution in [-0.2, 0) is 4.74 Å². The number of benzene rings is 1. The van der Waals surface area contributed by atoms with Crippen LogP contribution in [0.4, 0.5) is 0 Å². The van der Waals surface area contributed by atoms with Crippen LogP contribution in [0.25, 0.3) is 0 Å². The van der Waals surface area contributed by atoms with E-state index < -0.39 is 6.10 Å². The van der Waals surface area contributed by atoms with Crippen molar-refractivity contribution in [2.24, 2.45) is 0 Å². The van der Waals surface area contributed by atoms with E-state index in [1.165, 1.54) is 0 Å². The van der Waals surface area contributed by atoms with E-state index in [1.807, 2.05) is 30.3 Å². The van der Waals surface area contributed by atoms with Crippen molar-refractivity contribution in [2.45, 2.75) is 6.10 Å². The van der Waals surface area contributed by atoms with Gasteiger partial charge < -0.3 is 14.6 Å². The molecule has 15 heavy (non-hydrogen) atoms. The minimum atomic E-state index is -0.562. The highest BCUT2D eigenvalue weighted by molar-refractivity contribution is 14.1. The zero-order valence-corrected chi connectivity index (χ0v) is 10.6. The number of alkyl halides is 1. The Morgan fingerprint density at radius 3 is 2.60 bits per heavy atom. The smallest absolute Gasteiger partial charge is 0.119 e. The van der Waals surface area contributed by atoms with Crippen LogP contribution in [-0.4, -0.2) is 35.5 Å². The highest BCUT2D eigenvalue weighted by Crippen LogP contribution is 2.08. The molecule has 0 heterocycles. The van der Waals surface area contributed by atoms with E-state index in [0.29, 0.717) is 13.2 Å². The second-order valence-corrected chi connectivity index (χ2v) is 4.12. The van der Waals surface area contributed by atoms with Gasteiger partial charge in [0.25, 0.3) is 0 Å². The van der Waals surface area contributed by atoms with Crippen molar-refractivity contribution in [1.29, 1.82) is 0 Å². The van der Waals surface area contributed by atoms with Crippen molar-refractivity contribution in [3.63, 3.8) is 0 Å². The number of aliphatic hydroxyl groups is 1. The molecule has 1 atom stereocenters. The first-order valence-corrected chi connectivity index (χ1v) is 6.35. The maximum Gasteiger partial charge on any atom is 0.119 e. The van der Waals surface area contributed by atoms with Gasteiger partial charge in [-0.05, 0) is 12.1 Å². The molecule has 0 aliphatic rings. The Balaban J connectivity index is 2.14. The molecule has 0 saturated heterocycles. The molecule has 0 saturated carbocycles. The van der Waals surface area contributed by atoms with Crippen molar-refractivity contribution in [3.05, 3.63) is 30.3 Å². The van der Waals surface area contributed by atoms with Crippen LogP contribution in [0.15, 0.2) is 30.3 Å². The molecule has 0 aliphatic carbocycles. The van der Waals surface area contributed by atoms with Crippen LogP contribution in [0.2, 0.25) is 0 Å². The van der Waals surface area contributed by atoms with Gasteiger partial charge in [-0.25, -0.2) is 0 Å². The number of hydrogen-bond acceptors (Lipinski definition) is 3. The van der Waals surface area contributed by atoms with E-state index >= 15 is 0 Å². The maximum absolute atomic E-state index is 9.48. The number of hydrogen-bond donors (Lipinski definition) is 1. The van der Waals surface area contributed by atoms with Gasteiger partial charge in [-0.3, -0.25) is 0 Å². The van der Waals surface area contributed by atoms with E-state index in [2.05, 4.69) is 22.6 Å². The summed E-state index contributed by atoms with van der Waals surface area (Å²) in [4.78, 5) is 0. The first-order chi connectivity index (χ1) is 7.33. The molecule has 3 nitrogen and oxygen atoms in total. The van der Waals surface area contributed by atoms with Gasteiger partial charge in [0.2, 0.25) is 0 Å². The number of rotatable bonds is 7. The Labute approximate surface area is 104 Å². The summed E-state index contributed by atoms with van der Waals surface area (Å²) in [5.74, 6) is 0.769. The van der Waals surface area contributed by atoms with Gasteiger partial charge in [0.15, 0.2) is 0 Å². The van der Waals surface area contributed by atoms with Crippen molar-refractivity contribution in [2.75, 3.05) is 24.2 Å². The predicted octanol–water partition coefficient (Wildman–Crippen LogP) is 1.88. The standard InChI is InChI=1S/C11H15IO3/c12-6-7-14-8-10(13)9-15-11-4-2-1-3-5-11/h1-5,10,13H,6-9H2. The molecule has 0 bridgehead atoms. The third-order valence-corrected chi connectivity index (χ3v) is 2.16. The van der Waals surface area contributed by atoms with Crippen LogP contribution in [0.5, 0.6) is 5.75 Å². The fourth-order valence-electron chi connectivity index (χ4n) is 1.03. The third kappa shape index (κ3) is 5.96. The molecule has 0 aromatic heterocycles. The Hall–Kier alpha value is -0.330. The van der Waals surface area contributed by atoms with Gasteiger partial charge in [-0.15, -0.1) is 0 Å². The Bertz CT molecular complexity index is 253. The zero-order valence-electron chi connectivity index (χ0n) is 8.43. The van der Waals surface area contributed by atoms with Gasteiger partial charge in [0, 0.05) is 4.43 Å². The molecule has 1 aromatic carbocycles. The lowest BCUT2D eigenvalue weighted by Crippen LogP contribution is -2.23. The summed E-state index contributed by atoms with van der Waals surface area (Å²) >= 11 is 2.23. The third-order valence-electron chi connectivity index (χ3n) is 1.72. The average Bonchev–Trinajstić information content (AvgIpc) is 2.28. The van der Waals surface area contributed by atoms with Crippen LogP contribution in [0, 0.1) is 0 Å². The topological polar surface area (TPSA) is 38.7 Å². The Morgan fingerprint density at radius 2 is 1.93 bits per heavy atom. The fraction of sp³-hybridized carbons (Fsp3) is 0.455. The van der Waals surface area contributed by atoms with E-state index in [-0.39, 0.29) is 6.61 Å². The number of halogens is 1. The van der Waals surface area contributed by atoms with Crippen molar-refractivity contribution >= 4 is 22.6 Å².